The fourth-order valence-electron chi connectivity index (χ4n) is 1.66. The lowest BCUT2D eigenvalue weighted by molar-refractivity contribution is 0.174. The van der Waals surface area contributed by atoms with Gasteiger partial charge in [-0.25, -0.2) is 0 Å². The zero-order chi connectivity index (χ0) is 11.5. The zero-order valence-electron chi connectivity index (χ0n) is 9.10. The second-order valence-electron chi connectivity index (χ2n) is 3.66. The fraction of sp³-hybridized carbons (Fsp3) is 0.455. The van der Waals surface area contributed by atoms with Crippen molar-refractivity contribution >= 4 is 0 Å². The van der Waals surface area contributed by atoms with Gasteiger partial charge in [-0.15, -0.1) is 0 Å². The van der Waals surface area contributed by atoms with Crippen LogP contribution in [-0.2, 0) is 6.42 Å². The summed E-state index contributed by atoms with van der Waals surface area (Å²) >= 11 is 0. The van der Waals surface area contributed by atoms with Gasteiger partial charge in [0.15, 0.2) is 11.5 Å². The Hall–Kier alpha value is -1.46. The van der Waals surface area contributed by atoms with Gasteiger partial charge >= 0.3 is 0 Å². The molecule has 5 nitrogen and oxygen atoms in total. The molecule has 0 amide bonds. The first-order valence-electron chi connectivity index (χ1n) is 5.07. The van der Waals surface area contributed by atoms with Gasteiger partial charge in [-0.2, -0.15) is 0 Å². The maximum absolute atomic E-state index is 8.93. The van der Waals surface area contributed by atoms with Crippen LogP contribution in [0.15, 0.2) is 12.1 Å². The van der Waals surface area contributed by atoms with Crippen LogP contribution in [0.1, 0.15) is 5.56 Å². The van der Waals surface area contributed by atoms with Crippen molar-refractivity contribution in [1.29, 1.82) is 0 Å². The Bertz CT molecular complexity index is 380. The van der Waals surface area contributed by atoms with Crippen LogP contribution in [0.4, 0.5) is 0 Å². The van der Waals surface area contributed by atoms with E-state index < -0.39 is 0 Å². The van der Waals surface area contributed by atoms with Crippen LogP contribution in [0.2, 0.25) is 0 Å². The molecule has 0 fully saturated rings. The van der Waals surface area contributed by atoms with Crippen molar-refractivity contribution in [2.75, 3.05) is 20.5 Å². The van der Waals surface area contributed by atoms with E-state index in [1.165, 1.54) is 0 Å². The second kappa shape index (κ2) is 4.59. The maximum atomic E-state index is 8.93. The number of fused-ring (bicyclic) bond motifs is 1. The van der Waals surface area contributed by atoms with Crippen LogP contribution in [0.5, 0.6) is 17.2 Å². The molecule has 0 aromatic heterocycles. The molecule has 1 aromatic carbocycles. The summed E-state index contributed by atoms with van der Waals surface area (Å²) < 4.78 is 15.8. The molecule has 1 aliphatic rings. The van der Waals surface area contributed by atoms with Crippen LogP contribution in [-0.4, -0.2) is 31.7 Å². The first kappa shape index (κ1) is 11.0. The van der Waals surface area contributed by atoms with Crippen molar-refractivity contribution in [2.24, 2.45) is 5.73 Å². The minimum atomic E-state index is -0.297. The third-order valence-corrected chi connectivity index (χ3v) is 2.49. The lowest BCUT2D eigenvalue weighted by atomic mass is 10.1. The normalized spacial score (nSPS) is 14.9. The summed E-state index contributed by atoms with van der Waals surface area (Å²) in [5, 5.41) is 8.93. The van der Waals surface area contributed by atoms with E-state index in [0.717, 1.165) is 5.56 Å². The molecule has 1 aromatic rings. The molecule has 0 spiro atoms. The predicted molar refractivity (Wildman–Crippen MR) is 57.9 cm³/mol. The molecule has 0 aliphatic carbocycles. The summed E-state index contributed by atoms with van der Waals surface area (Å²) in [4.78, 5) is 0. The molecule has 1 atom stereocenters. The molecule has 0 bridgehead atoms. The van der Waals surface area contributed by atoms with E-state index in [1.54, 1.807) is 13.2 Å². The molecule has 0 radical (unpaired) electrons. The summed E-state index contributed by atoms with van der Waals surface area (Å²) in [7, 11) is 1.59. The van der Waals surface area contributed by atoms with Crippen molar-refractivity contribution in [1.82, 2.24) is 0 Å². The topological polar surface area (TPSA) is 73.9 Å². The fourth-order valence-corrected chi connectivity index (χ4v) is 1.66. The van der Waals surface area contributed by atoms with Gasteiger partial charge in [-0.05, 0) is 18.1 Å². The summed E-state index contributed by atoms with van der Waals surface area (Å²) in [5.41, 5.74) is 6.61. The number of hydrogen-bond donors (Lipinski definition) is 2. The van der Waals surface area contributed by atoms with Crippen LogP contribution in [0.25, 0.3) is 0 Å². The standard InChI is InChI=1S/C11H15NO4/c1-14-9-4-11-10(15-6-16-11)3-7(9)2-8(12)5-13/h3-4,8,13H,2,5-6,12H2,1H3. The molecule has 5 heteroatoms. The maximum Gasteiger partial charge on any atom is 0.231 e. The second-order valence-corrected chi connectivity index (χ2v) is 3.66. The van der Waals surface area contributed by atoms with Crippen molar-refractivity contribution in [3.05, 3.63) is 17.7 Å². The SMILES string of the molecule is COc1cc2c(cc1CC(N)CO)OCO2. The lowest BCUT2D eigenvalue weighted by Crippen LogP contribution is -2.27. The first-order chi connectivity index (χ1) is 7.74. The van der Waals surface area contributed by atoms with E-state index in [0.29, 0.717) is 23.7 Å². The van der Waals surface area contributed by atoms with Gasteiger partial charge in [0.25, 0.3) is 0 Å². The number of aliphatic hydroxyl groups excluding tert-OH is 1. The van der Waals surface area contributed by atoms with Crippen molar-refractivity contribution in [2.45, 2.75) is 12.5 Å². The molecule has 0 saturated carbocycles. The molecule has 88 valence electrons. The average molecular weight is 225 g/mol. The largest absolute Gasteiger partial charge is 0.496 e. The van der Waals surface area contributed by atoms with Crippen molar-refractivity contribution < 1.29 is 19.3 Å². The number of hydrogen-bond acceptors (Lipinski definition) is 5. The Morgan fingerprint density at radius 1 is 1.44 bits per heavy atom. The molecule has 0 saturated heterocycles. The molecular formula is C11H15NO4. The van der Waals surface area contributed by atoms with Gasteiger partial charge in [0.2, 0.25) is 6.79 Å². The first-order valence-corrected chi connectivity index (χ1v) is 5.07. The van der Waals surface area contributed by atoms with E-state index in [9.17, 15) is 0 Å². The number of methoxy groups -OCH3 is 1. The highest BCUT2D eigenvalue weighted by atomic mass is 16.7. The summed E-state index contributed by atoms with van der Waals surface area (Å²) in [6.07, 6.45) is 0.538. The Labute approximate surface area is 93.7 Å². The number of aliphatic hydroxyl groups is 1. The summed E-state index contributed by atoms with van der Waals surface area (Å²) in [6, 6.07) is 3.33. The summed E-state index contributed by atoms with van der Waals surface area (Å²) in [6.45, 7) is 0.172. The highest BCUT2D eigenvalue weighted by molar-refractivity contribution is 5.52. The Balaban J connectivity index is 2.28. The number of rotatable bonds is 4. The van der Waals surface area contributed by atoms with Crippen LogP contribution >= 0.6 is 0 Å². The molecule has 3 N–H and O–H groups in total. The van der Waals surface area contributed by atoms with Gasteiger partial charge in [-0.1, -0.05) is 0 Å². The Morgan fingerprint density at radius 2 is 2.12 bits per heavy atom. The van der Waals surface area contributed by atoms with Crippen LogP contribution in [0, 0.1) is 0 Å². The highest BCUT2D eigenvalue weighted by Gasteiger charge is 2.18. The average Bonchev–Trinajstić information content (AvgIpc) is 2.74. The quantitative estimate of drug-likeness (QED) is 0.770. The number of benzene rings is 1. The molecular weight excluding hydrogens is 210 g/mol. The van der Waals surface area contributed by atoms with Crippen molar-refractivity contribution in [3.63, 3.8) is 0 Å². The molecule has 1 unspecified atom stereocenters. The van der Waals surface area contributed by atoms with E-state index >= 15 is 0 Å². The van der Waals surface area contributed by atoms with Crippen LogP contribution < -0.4 is 19.9 Å². The smallest absolute Gasteiger partial charge is 0.231 e. The number of nitrogens with two attached hydrogens (primary N) is 1. The van der Waals surface area contributed by atoms with E-state index in [1.807, 2.05) is 6.07 Å². The van der Waals surface area contributed by atoms with Crippen LogP contribution in [0.3, 0.4) is 0 Å². The van der Waals surface area contributed by atoms with Gasteiger partial charge in [0.1, 0.15) is 5.75 Å². The summed E-state index contributed by atoms with van der Waals surface area (Å²) in [5.74, 6) is 2.08. The number of ether oxygens (including phenoxy) is 3. The van der Waals surface area contributed by atoms with Gasteiger partial charge in [0, 0.05) is 12.1 Å². The third-order valence-electron chi connectivity index (χ3n) is 2.49. The minimum absolute atomic E-state index is 0.0579. The van der Waals surface area contributed by atoms with E-state index in [2.05, 4.69) is 0 Å². The third kappa shape index (κ3) is 2.05. The Kier molecular flexibility index (Phi) is 3.17. The monoisotopic (exact) mass is 225 g/mol. The molecule has 1 aliphatic heterocycles. The van der Waals surface area contributed by atoms with Gasteiger partial charge in [0.05, 0.1) is 13.7 Å². The highest BCUT2D eigenvalue weighted by Crippen LogP contribution is 2.38. The van der Waals surface area contributed by atoms with Crippen molar-refractivity contribution in [3.8, 4) is 17.2 Å². The lowest BCUT2D eigenvalue weighted by Gasteiger charge is -2.12. The Morgan fingerprint density at radius 3 is 2.75 bits per heavy atom. The van der Waals surface area contributed by atoms with E-state index in [-0.39, 0.29) is 19.4 Å². The molecule has 1 heterocycles. The minimum Gasteiger partial charge on any atom is -0.496 e. The molecule has 2 rings (SSSR count). The predicted octanol–water partition coefficient (Wildman–Crippen LogP) is 0.286. The van der Waals surface area contributed by atoms with E-state index in [4.69, 9.17) is 25.1 Å². The van der Waals surface area contributed by atoms with Gasteiger partial charge < -0.3 is 25.1 Å². The molecule has 16 heavy (non-hydrogen) atoms. The van der Waals surface area contributed by atoms with Gasteiger partial charge in [-0.3, -0.25) is 0 Å². The zero-order valence-corrected chi connectivity index (χ0v) is 9.10.